The van der Waals surface area contributed by atoms with Gasteiger partial charge < -0.3 is 9.64 Å². The Labute approximate surface area is 138 Å². The highest BCUT2D eigenvalue weighted by Crippen LogP contribution is 2.34. The zero-order valence-electron chi connectivity index (χ0n) is 14.3. The molecule has 0 aliphatic rings. The Hall–Kier alpha value is -2.55. The molecule has 0 radical (unpaired) electrons. The molecule has 3 nitrogen and oxygen atoms in total. The summed E-state index contributed by atoms with van der Waals surface area (Å²) >= 11 is 0. The van der Waals surface area contributed by atoms with E-state index in [1.54, 1.807) is 0 Å². The van der Waals surface area contributed by atoms with Crippen LogP contribution in [0, 0.1) is 6.92 Å². The van der Waals surface area contributed by atoms with Crippen molar-refractivity contribution in [1.29, 1.82) is 0 Å². The number of hydrogen-bond acceptors (Lipinski definition) is 2. The van der Waals surface area contributed by atoms with Gasteiger partial charge in [-0.1, -0.05) is 24.8 Å². The van der Waals surface area contributed by atoms with Gasteiger partial charge in [0.2, 0.25) is 0 Å². The molecule has 120 valence electrons. The van der Waals surface area contributed by atoms with E-state index in [9.17, 15) is 0 Å². The lowest BCUT2D eigenvalue weighted by Gasteiger charge is -2.14. The van der Waals surface area contributed by atoms with Crippen LogP contribution in [0.2, 0.25) is 0 Å². The van der Waals surface area contributed by atoms with Gasteiger partial charge in [0.05, 0.1) is 12.0 Å². The van der Waals surface area contributed by atoms with Gasteiger partial charge >= 0.3 is 0 Å². The van der Waals surface area contributed by atoms with Crippen LogP contribution in [0.4, 0.5) is 5.69 Å². The van der Waals surface area contributed by atoms with Gasteiger partial charge in [-0.15, -0.1) is 0 Å². The lowest BCUT2D eigenvalue weighted by Crippen LogP contribution is -2.14. The van der Waals surface area contributed by atoms with Crippen molar-refractivity contribution >= 4 is 17.6 Å². The third kappa shape index (κ3) is 4.46. The fraction of sp³-hybridized carbons (Fsp3) is 0.250. The highest BCUT2D eigenvalue weighted by Gasteiger charge is 2.09. The molecule has 0 fully saturated rings. The van der Waals surface area contributed by atoms with Gasteiger partial charge in [-0.3, -0.25) is 0 Å². The number of ether oxygens (including phenoxy) is 1. The maximum Gasteiger partial charge on any atom is 0.131 e. The molecular formula is C20H24N2O. The summed E-state index contributed by atoms with van der Waals surface area (Å²) in [5, 5.41) is 0. The molecule has 0 aliphatic heterocycles. The third-order valence-electron chi connectivity index (χ3n) is 3.62. The molecule has 2 rings (SSSR count). The van der Waals surface area contributed by atoms with Crippen LogP contribution >= 0.6 is 0 Å². The highest BCUT2D eigenvalue weighted by molar-refractivity contribution is 5.77. The van der Waals surface area contributed by atoms with Crippen molar-refractivity contribution in [2.24, 2.45) is 4.99 Å². The Morgan fingerprint density at radius 3 is 2.57 bits per heavy atom. The summed E-state index contributed by atoms with van der Waals surface area (Å²) < 4.78 is 6.00. The van der Waals surface area contributed by atoms with Crippen LogP contribution in [0.3, 0.4) is 0 Å². The molecule has 0 saturated heterocycles. The Bertz CT molecular complexity index is 705. The predicted octanol–water partition coefficient (Wildman–Crippen LogP) is 5.43. The number of nitrogens with zero attached hydrogens (tertiary/aromatic N) is 2. The first-order valence-electron chi connectivity index (χ1n) is 7.79. The van der Waals surface area contributed by atoms with Crippen molar-refractivity contribution in [2.45, 2.75) is 20.8 Å². The second-order valence-electron chi connectivity index (χ2n) is 5.65. The molecule has 0 atom stereocenters. The van der Waals surface area contributed by atoms with Crippen molar-refractivity contribution in [3.8, 4) is 11.5 Å². The minimum absolute atomic E-state index is 0.824. The standard InChI is InChI=1S/C20H24N2O/c1-6-22(5)14-21-19-12-16(4)20(13-18(19)15(2)3)23-17-10-8-7-9-11-17/h7-14H,2,6H2,1,3-5H3. The summed E-state index contributed by atoms with van der Waals surface area (Å²) in [6, 6.07) is 13.9. The molecule has 0 aromatic heterocycles. The molecule has 0 heterocycles. The predicted molar refractivity (Wildman–Crippen MR) is 98.9 cm³/mol. The molecule has 0 N–H and O–H groups in total. The lowest BCUT2D eigenvalue weighted by molar-refractivity contribution is 0.479. The van der Waals surface area contributed by atoms with E-state index in [0.717, 1.165) is 40.4 Å². The van der Waals surface area contributed by atoms with Crippen molar-refractivity contribution in [2.75, 3.05) is 13.6 Å². The van der Waals surface area contributed by atoms with Crippen molar-refractivity contribution in [1.82, 2.24) is 4.90 Å². The first-order valence-corrected chi connectivity index (χ1v) is 7.79. The average Bonchev–Trinajstić information content (AvgIpc) is 2.55. The zero-order valence-corrected chi connectivity index (χ0v) is 14.3. The Kier molecular flexibility index (Phi) is 5.58. The summed E-state index contributed by atoms with van der Waals surface area (Å²) in [7, 11) is 2.00. The summed E-state index contributed by atoms with van der Waals surface area (Å²) in [4.78, 5) is 6.63. The molecule has 0 unspecified atom stereocenters. The summed E-state index contributed by atoms with van der Waals surface area (Å²) in [6.07, 6.45) is 1.85. The number of para-hydroxylation sites is 1. The van der Waals surface area contributed by atoms with Gasteiger partial charge in [0, 0.05) is 19.2 Å². The largest absolute Gasteiger partial charge is 0.457 e. The van der Waals surface area contributed by atoms with E-state index in [-0.39, 0.29) is 0 Å². The van der Waals surface area contributed by atoms with Crippen LogP contribution in [0.1, 0.15) is 25.0 Å². The van der Waals surface area contributed by atoms with Crippen LogP contribution in [0.5, 0.6) is 11.5 Å². The maximum atomic E-state index is 6.00. The van der Waals surface area contributed by atoms with Crippen LogP contribution in [0.15, 0.2) is 54.0 Å². The summed E-state index contributed by atoms with van der Waals surface area (Å²) in [6.45, 7) is 11.1. The van der Waals surface area contributed by atoms with Crippen molar-refractivity contribution < 1.29 is 4.74 Å². The number of aryl methyl sites for hydroxylation is 1. The smallest absolute Gasteiger partial charge is 0.131 e. The summed E-state index contributed by atoms with van der Waals surface area (Å²) in [5.41, 5.74) is 3.93. The van der Waals surface area contributed by atoms with Gasteiger partial charge in [-0.2, -0.15) is 0 Å². The zero-order chi connectivity index (χ0) is 16.8. The summed E-state index contributed by atoms with van der Waals surface area (Å²) in [5.74, 6) is 1.65. The first kappa shape index (κ1) is 16.8. The highest BCUT2D eigenvalue weighted by atomic mass is 16.5. The monoisotopic (exact) mass is 308 g/mol. The second kappa shape index (κ2) is 7.63. The van der Waals surface area contributed by atoms with E-state index in [4.69, 9.17) is 4.74 Å². The lowest BCUT2D eigenvalue weighted by atomic mass is 10.0. The third-order valence-corrected chi connectivity index (χ3v) is 3.62. The van der Waals surface area contributed by atoms with E-state index >= 15 is 0 Å². The van der Waals surface area contributed by atoms with Gasteiger partial charge in [-0.25, -0.2) is 4.99 Å². The topological polar surface area (TPSA) is 24.8 Å². The van der Waals surface area contributed by atoms with E-state index in [1.165, 1.54) is 0 Å². The molecule has 0 bridgehead atoms. The first-order chi connectivity index (χ1) is 11.0. The van der Waals surface area contributed by atoms with Gasteiger partial charge in [-0.05, 0) is 56.2 Å². The van der Waals surface area contributed by atoms with Crippen LogP contribution in [0.25, 0.3) is 5.57 Å². The molecule has 0 spiro atoms. The fourth-order valence-electron chi connectivity index (χ4n) is 2.09. The van der Waals surface area contributed by atoms with Gasteiger partial charge in [0.15, 0.2) is 0 Å². The molecule has 0 amide bonds. The number of rotatable bonds is 6. The van der Waals surface area contributed by atoms with Crippen molar-refractivity contribution in [3.63, 3.8) is 0 Å². The van der Waals surface area contributed by atoms with Gasteiger partial charge in [0.1, 0.15) is 11.5 Å². The molecule has 23 heavy (non-hydrogen) atoms. The van der Waals surface area contributed by atoms with Crippen LogP contribution in [-0.4, -0.2) is 24.8 Å². The Morgan fingerprint density at radius 1 is 1.26 bits per heavy atom. The number of aliphatic imine (C=N–C) groups is 1. The normalized spacial score (nSPS) is 10.8. The minimum atomic E-state index is 0.824. The van der Waals surface area contributed by atoms with Crippen molar-refractivity contribution in [3.05, 3.63) is 60.2 Å². The molecular weight excluding hydrogens is 284 g/mol. The SMILES string of the molecule is C=C(C)c1cc(Oc2ccccc2)c(C)cc1N=CN(C)CC. The Morgan fingerprint density at radius 2 is 1.96 bits per heavy atom. The van der Waals surface area contributed by atoms with Crippen LogP contribution in [-0.2, 0) is 0 Å². The van der Waals surface area contributed by atoms with E-state index in [2.05, 4.69) is 18.5 Å². The fourth-order valence-corrected chi connectivity index (χ4v) is 2.09. The van der Waals surface area contributed by atoms with E-state index in [1.807, 2.05) is 74.6 Å². The average molecular weight is 308 g/mol. The second-order valence-corrected chi connectivity index (χ2v) is 5.65. The number of allylic oxidation sites excluding steroid dienone is 1. The maximum absolute atomic E-state index is 6.00. The van der Waals surface area contributed by atoms with E-state index < -0.39 is 0 Å². The molecule has 2 aromatic rings. The number of hydrogen-bond donors (Lipinski definition) is 0. The molecule has 0 aliphatic carbocycles. The Balaban J connectivity index is 2.38. The number of benzene rings is 2. The van der Waals surface area contributed by atoms with Gasteiger partial charge in [0.25, 0.3) is 0 Å². The van der Waals surface area contributed by atoms with E-state index in [0.29, 0.717) is 0 Å². The molecule has 3 heteroatoms. The quantitative estimate of drug-likeness (QED) is 0.525. The molecule has 2 aromatic carbocycles. The minimum Gasteiger partial charge on any atom is -0.457 e. The molecule has 0 saturated carbocycles. The van der Waals surface area contributed by atoms with Crippen LogP contribution < -0.4 is 4.74 Å².